The molecule has 0 spiro atoms. The van der Waals surface area contributed by atoms with E-state index in [9.17, 15) is 13.2 Å². The van der Waals surface area contributed by atoms with Crippen molar-refractivity contribution in [2.45, 2.75) is 19.1 Å². The van der Waals surface area contributed by atoms with Gasteiger partial charge >= 0.3 is 6.18 Å². The number of halogens is 4. The van der Waals surface area contributed by atoms with Crippen LogP contribution in [0, 0.1) is 0 Å². The predicted octanol–water partition coefficient (Wildman–Crippen LogP) is 2.68. The molecule has 21 heavy (non-hydrogen) atoms. The van der Waals surface area contributed by atoms with Gasteiger partial charge in [-0.3, -0.25) is 4.99 Å². The van der Waals surface area contributed by atoms with Crippen LogP contribution < -0.4 is 15.4 Å². The van der Waals surface area contributed by atoms with Gasteiger partial charge in [-0.1, -0.05) is 18.2 Å². The van der Waals surface area contributed by atoms with Gasteiger partial charge < -0.3 is 15.4 Å². The van der Waals surface area contributed by atoms with Crippen LogP contribution in [0.15, 0.2) is 29.3 Å². The monoisotopic (exact) mass is 415 g/mol. The Morgan fingerprint density at radius 2 is 2.05 bits per heavy atom. The number of hydrogen-bond donors (Lipinski definition) is 2. The number of rotatable bonds is 4. The molecule has 0 fully saturated rings. The first-order valence-electron chi connectivity index (χ1n) is 6.34. The molecule has 0 saturated heterocycles. The minimum atomic E-state index is -4.34. The maximum absolute atomic E-state index is 12.2. The van der Waals surface area contributed by atoms with Crippen molar-refractivity contribution in [1.82, 2.24) is 10.6 Å². The molecule has 8 heteroatoms. The average Bonchev–Trinajstić information content (AvgIpc) is 2.44. The molecule has 0 radical (unpaired) electrons. The summed E-state index contributed by atoms with van der Waals surface area (Å²) >= 11 is 0. The number of ether oxygens (including phenoxy) is 1. The Hall–Kier alpha value is -1.19. The maximum atomic E-state index is 12.2. The number of guanidine groups is 1. The molecule has 0 saturated carbocycles. The highest BCUT2D eigenvalue weighted by molar-refractivity contribution is 14.0. The van der Waals surface area contributed by atoms with Crippen LogP contribution in [0.2, 0.25) is 0 Å². The van der Waals surface area contributed by atoms with Gasteiger partial charge in [0.15, 0.2) is 12.6 Å². The predicted molar refractivity (Wildman–Crippen MR) is 85.2 cm³/mol. The zero-order valence-electron chi connectivity index (χ0n) is 11.2. The van der Waals surface area contributed by atoms with Crippen molar-refractivity contribution in [2.24, 2.45) is 4.99 Å². The third-order valence-electron chi connectivity index (χ3n) is 2.71. The Morgan fingerprint density at radius 3 is 2.71 bits per heavy atom. The SMILES string of the molecule is FC(F)(F)COc1ccccc1CNC1=NCCCN1.I. The highest BCUT2D eigenvalue weighted by atomic mass is 127. The first-order chi connectivity index (χ1) is 9.54. The molecule has 1 heterocycles. The summed E-state index contributed by atoms with van der Waals surface area (Å²) in [5.41, 5.74) is 0.659. The lowest BCUT2D eigenvalue weighted by Gasteiger charge is -2.17. The van der Waals surface area contributed by atoms with Crippen molar-refractivity contribution in [1.29, 1.82) is 0 Å². The van der Waals surface area contributed by atoms with Crippen LogP contribution in [0.5, 0.6) is 5.75 Å². The molecular formula is C13H17F3IN3O. The third-order valence-corrected chi connectivity index (χ3v) is 2.71. The molecule has 1 aliphatic heterocycles. The zero-order valence-corrected chi connectivity index (χ0v) is 13.6. The van der Waals surface area contributed by atoms with Crippen LogP contribution in [0.4, 0.5) is 13.2 Å². The number of benzene rings is 1. The quantitative estimate of drug-likeness (QED) is 0.744. The standard InChI is InChI=1S/C13H16F3N3O.HI/c14-13(15,16)9-20-11-5-2-1-4-10(11)8-19-12-17-6-3-7-18-12;/h1-2,4-5H,3,6-9H2,(H2,17,18,19);1H. The molecule has 1 aliphatic rings. The van der Waals surface area contributed by atoms with Gasteiger partial charge in [-0.25, -0.2) is 0 Å². The maximum Gasteiger partial charge on any atom is 0.422 e. The Kier molecular flexibility index (Phi) is 7.06. The van der Waals surface area contributed by atoms with Gasteiger partial charge in [0, 0.05) is 25.2 Å². The van der Waals surface area contributed by atoms with E-state index in [1.54, 1.807) is 18.2 Å². The molecule has 0 atom stereocenters. The second kappa shape index (κ2) is 8.30. The number of alkyl halides is 3. The molecule has 118 valence electrons. The van der Waals surface area contributed by atoms with Gasteiger partial charge in [0.25, 0.3) is 0 Å². The van der Waals surface area contributed by atoms with Crippen LogP contribution >= 0.6 is 24.0 Å². The molecule has 4 nitrogen and oxygen atoms in total. The number of nitrogens with zero attached hydrogens (tertiary/aromatic N) is 1. The topological polar surface area (TPSA) is 45.6 Å². The summed E-state index contributed by atoms with van der Waals surface area (Å²) in [6.45, 7) is 0.669. The molecule has 2 N–H and O–H groups in total. The van der Waals surface area contributed by atoms with Crippen molar-refractivity contribution in [3.63, 3.8) is 0 Å². The van der Waals surface area contributed by atoms with E-state index in [1.807, 2.05) is 0 Å². The summed E-state index contributed by atoms with van der Waals surface area (Å²) in [4.78, 5) is 4.23. The van der Waals surface area contributed by atoms with E-state index in [0.717, 1.165) is 19.5 Å². The van der Waals surface area contributed by atoms with Gasteiger partial charge in [-0.2, -0.15) is 13.2 Å². The summed E-state index contributed by atoms with van der Waals surface area (Å²) < 4.78 is 41.4. The van der Waals surface area contributed by atoms with Crippen LogP contribution in [0.25, 0.3) is 0 Å². The number of para-hydroxylation sites is 1. The smallest absolute Gasteiger partial charge is 0.422 e. The first kappa shape index (κ1) is 17.9. The van der Waals surface area contributed by atoms with E-state index in [4.69, 9.17) is 4.74 Å². The van der Waals surface area contributed by atoms with Crippen LogP contribution in [-0.4, -0.2) is 31.8 Å². The highest BCUT2D eigenvalue weighted by Crippen LogP contribution is 2.22. The van der Waals surface area contributed by atoms with E-state index in [-0.39, 0.29) is 29.7 Å². The highest BCUT2D eigenvalue weighted by Gasteiger charge is 2.28. The Labute approximate surface area is 138 Å². The van der Waals surface area contributed by atoms with E-state index >= 15 is 0 Å². The average molecular weight is 415 g/mol. The van der Waals surface area contributed by atoms with Gasteiger partial charge in [0.2, 0.25) is 0 Å². The van der Waals surface area contributed by atoms with Crippen LogP contribution in [0.1, 0.15) is 12.0 Å². The molecule has 1 aromatic rings. The molecule has 0 unspecified atom stereocenters. The molecule has 1 aromatic carbocycles. The molecule has 0 aliphatic carbocycles. The van der Waals surface area contributed by atoms with Crippen molar-refractivity contribution >= 4 is 29.9 Å². The van der Waals surface area contributed by atoms with Crippen LogP contribution in [0.3, 0.4) is 0 Å². The Bertz CT molecular complexity index is 480. The lowest BCUT2D eigenvalue weighted by molar-refractivity contribution is -0.153. The second-order valence-electron chi connectivity index (χ2n) is 4.38. The fourth-order valence-electron chi connectivity index (χ4n) is 1.78. The van der Waals surface area contributed by atoms with Crippen molar-refractivity contribution < 1.29 is 17.9 Å². The summed E-state index contributed by atoms with van der Waals surface area (Å²) in [5, 5.41) is 6.14. The van der Waals surface area contributed by atoms with Crippen molar-refractivity contribution in [2.75, 3.05) is 19.7 Å². The van der Waals surface area contributed by atoms with Gasteiger partial charge in [0.05, 0.1) is 0 Å². The fraction of sp³-hybridized carbons (Fsp3) is 0.462. The number of nitrogens with one attached hydrogen (secondary N) is 2. The Balaban J connectivity index is 0.00000220. The van der Waals surface area contributed by atoms with E-state index in [2.05, 4.69) is 15.6 Å². The first-order valence-corrected chi connectivity index (χ1v) is 6.34. The summed E-state index contributed by atoms with van der Waals surface area (Å²) in [5.74, 6) is 0.899. The van der Waals surface area contributed by atoms with E-state index in [1.165, 1.54) is 6.07 Å². The van der Waals surface area contributed by atoms with Gasteiger partial charge in [0.1, 0.15) is 5.75 Å². The fourth-order valence-corrected chi connectivity index (χ4v) is 1.78. The minimum absolute atomic E-state index is 0. The van der Waals surface area contributed by atoms with E-state index in [0.29, 0.717) is 18.1 Å². The molecular weight excluding hydrogens is 398 g/mol. The zero-order chi connectivity index (χ0) is 14.4. The molecule has 0 bridgehead atoms. The largest absolute Gasteiger partial charge is 0.484 e. The molecule has 2 rings (SSSR count). The molecule has 0 amide bonds. The lowest BCUT2D eigenvalue weighted by atomic mass is 10.2. The van der Waals surface area contributed by atoms with Gasteiger partial charge in [-0.05, 0) is 12.5 Å². The number of hydrogen-bond acceptors (Lipinski definition) is 4. The third kappa shape index (κ3) is 6.40. The second-order valence-corrected chi connectivity index (χ2v) is 4.38. The van der Waals surface area contributed by atoms with Gasteiger partial charge in [-0.15, -0.1) is 24.0 Å². The summed E-state index contributed by atoms with van der Waals surface area (Å²) in [7, 11) is 0. The Morgan fingerprint density at radius 1 is 1.29 bits per heavy atom. The minimum Gasteiger partial charge on any atom is -0.484 e. The normalized spacial score (nSPS) is 14.5. The van der Waals surface area contributed by atoms with E-state index < -0.39 is 12.8 Å². The van der Waals surface area contributed by atoms with Crippen molar-refractivity contribution in [3.05, 3.63) is 29.8 Å². The lowest BCUT2D eigenvalue weighted by Crippen LogP contribution is -2.40. The summed E-state index contributed by atoms with van der Waals surface area (Å²) in [6, 6.07) is 6.65. The van der Waals surface area contributed by atoms with Crippen LogP contribution in [-0.2, 0) is 6.54 Å². The molecule has 0 aromatic heterocycles. The van der Waals surface area contributed by atoms with Crippen molar-refractivity contribution in [3.8, 4) is 5.75 Å². The number of aliphatic imine (C=N–C) groups is 1. The summed E-state index contributed by atoms with van der Waals surface area (Å²) in [6.07, 6.45) is -3.36.